The molecule has 0 unspecified atom stereocenters. The van der Waals surface area contributed by atoms with Gasteiger partial charge in [0.05, 0.1) is 10.6 Å². The van der Waals surface area contributed by atoms with Crippen LogP contribution < -0.4 is 5.73 Å². The molecule has 6 rings (SSSR count). The topological polar surface area (TPSA) is 85.2 Å². The van der Waals surface area contributed by atoms with Crippen LogP contribution in [0.1, 0.15) is 54.0 Å². The number of aliphatic hydroxyl groups excluding tert-OH is 1. The molecule has 0 saturated heterocycles. The Kier molecular flexibility index (Phi) is 5.97. The van der Waals surface area contributed by atoms with Crippen LogP contribution in [0.2, 0.25) is 0 Å². The van der Waals surface area contributed by atoms with Gasteiger partial charge < -0.3 is 15.4 Å². The number of hydrogen-bond donors (Lipinski definition) is 2. The molecule has 4 aromatic rings. The largest absolute Gasteiger partial charge is 0.422 e. The fourth-order valence-electron chi connectivity index (χ4n) is 5.76. The molecule has 0 aliphatic heterocycles. The zero-order valence-corrected chi connectivity index (χ0v) is 20.8. The van der Waals surface area contributed by atoms with Crippen molar-refractivity contribution in [1.29, 1.82) is 0 Å². The molecule has 2 heterocycles. The van der Waals surface area contributed by atoms with Gasteiger partial charge in [-0.2, -0.15) is 13.2 Å². The summed E-state index contributed by atoms with van der Waals surface area (Å²) < 4.78 is 47.9. The predicted molar refractivity (Wildman–Crippen MR) is 136 cm³/mol. The minimum atomic E-state index is -4.64. The number of fused-ring (bicyclic) bond motifs is 3. The molecular formula is C28H26F3N3O2S. The number of hydrogen-bond acceptors (Lipinski definition) is 6. The zero-order valence-electron chi connectivity index (χ0n) is 20.0. The van der Waals surface area contributed by atoms with E-state index in [0.29, 0.717) is 24.3 Å². The number of benzene rings is 2. The summed E-state index contributed by atoms with van der Waals surface area (Å²) in [5, 5.41) is 13.3. The van der Waals surface area contributed by atoms with Crippen LogP contribution in [0, 0.1) is 0 Å². The second kappa shape index (κ2) is 9.08. The average molecular weight is 526 g/mol. The molecule has 0 amide bonds. The van der Waals surface area contributed by atoms with Crippen LogP contribution >= 0.6 is 11.3 Å². The van der Waals surface area contributed by atoms with E-state index in [9.17, 15) is 18.3 Å². The normalized spacial score (nSPS) is 21.2. The first-order chi connectivity index (χ1) is 17.8. The van der Waals surface area contributed by atoms with Crippen LogP contribution in [0.4, 0.5) is 13.2 Å². The lowest BCUT2D eigenvalue weighted by atomic mass is 9.87. The first kappa shape index (κ1) is 24.3. The lowest BCUT2D eigenvalue weighted by Gasteiger charge is -2.23. The Morgan fingerprint density at radius 2 is 1.95 bits per heavy atom. The number of aryl methyl sites for hydroxylation is 2. The zero-order chi connectivity index (χ0) is 25.8. The smallest absolute Gasteiger partial charge is 0.396 e. The standard InChI is InChI=1S/C28H26F3N3O2S/c29-28(30,31)22-23(16-4-2-1-3-5-16)34-36-24(22)26-33-21-9-7-18-14-17(6-8-20(18)25(21)37-26)19-10-11-27(32,15-19)12-13-35/h1-6,8,14,19,35H,7,9-13,15,32H2/t19-,27-/m0/s1. The molecule has 0 spiro atoms. The van der Waals surface area contributed by atoms with E-state index in [1.165, 1.54) is 22.5 Å². The van der Waals surface area contributed by atoms with Crippen molar-refractivity contribution in [3.63, 3.8) is 0 Å². The first-order valence-electron chi connectivity index (χ1n) is 12.4. The van der Waals surface area contributed by atoms with Gasteiger partial charge in [0.25, 0.3) is 0 Å². The predicted octanol–water partition coefficient (Wildman–Crippen LogP) is 6.60. The van der Waals surface area contributed by atoms with Gasteiger partial charge in [0.1, 0.15) is 11.3 Å². The molecule has 0 radical (unpaired) electrons. The van der Waals surface area contributed by atoms with Gasteiger partial charge >= 0.3 is 6.18 Å². The number of halogens is 3. The van der Waals surface area contributed by atoms with Crippen LogP contribution in [0.3, 0.4) is 0 Å². The van der Waals surface area contributed by atoms with E-state index < -0.39 is 11.7 Å². The minimum absolute atomic E-state index is 0.0952. The maximum Gasteiger partial charge on any atom is 0.422 e. The van der Waals surface area contributed by atoms with Crippen LogP contribution in [0.15, 0.2) is 53.1 Å². The fourth-order valence-corrected chi connectivity index (χ4v) is 6.92. The number of aliphatic hydroxyl groups is 1. The molecule has 1 fully saturated rings. The highest BCUT2D eigenvalue weighted by molar-refractivity contribution is 7.18. The highest BCUT2D eigenvalue weighted by atomic mass is 32.1. The average Bonchev–Trinajstić information content (AvgIpc) is 3.60. The molecule has 2 aromatic carbocycles. The minimum Gasteiger partial charge on any atom is -0.396 e. The van der Waals surface area contributed by atoms with Crippen molar-refractivity contribution in [3.05, 3.63) is 70.9 Å². The number of nitrogens with two attached hydrogens (primary N) is 1. The first-order valence-corrected chi connectivity index (χ1v) is 13.2. The maximum atomic E-state index is 14.2. The molecule has 37 heavy (non-hydrogen) atoms. The molecular weight excluding hydrogens is 499 g/mol. The molecule has 192 valence electrons. The summed E-state index contributed by atoms with van der Waals surface area (Å²) in [6, 6.07) is 14.6. The van der Waals surface area contributed by atoms with Crippen molar-refractivity contribution in [1.82, 2.24) is 10.1 Å². The third kappa shape index (κ3) is 4.39. The summed E-state index contributed by atoms with van der Waals surface area (Å²) in [6.07, 6.45) is 0.109. The quantitative estimate of drug-likeness (QED) is 0.307. The lowest BCUT2D eigenvalue weighted by molar-refractivity contribution is -0.136. The SMILES string of the molecule is N[C@]1(CCO)CC[C@H](c2ccc3c(c2)CCc2nc(-c4onc(-c5ccccc5)c4C(F)(F)F)sc2-3)C1. The summed E-state index contributed by atoms with van der Waals surface area (Å²) in [7, 11) is 0. The third-order valence-corrected chi connectivity index (χ3v) is 8.77. The van der Waals surface area contributed by atoms with Gasteiger partial charge in [0.15, 0.2) is 5.01 Å². The Balaban J connectivity index is 1.35. The molecule has 3 N–H and O–H groups in total. The number of aromatic nitrogens is 2. The van der Waals surface area contributed by atoms with Crippen LogP contribution in [0.5, 0.6) is 0 Å². The van der Waals surface area contributed by atoms with Crippen molar-refractivity contribution >= 4 is 11.3 Å². The second-order valence-electron chi connectivity index (χ2n) is 10.1. The molecule has 9 heteroatoms. The van der Waals surface area contributed by atoms with Gasteiger partial charge in [0, 0.05) is 17.7 Å². The van der Waals surface area contributed by atoms with Crippen LogP contribution in [-0.4, -0.2) is 27.4 Å². The van der Waals surface area contributed by atoms with Gasteiger partial charge in [-0.25, -0.2) is 4.98 Å². The Morgan fingerprint density at radius 3 is 2.70 bits per heavy atom. The van der Waals surface area contributed by atoms with E-state index in [1.807, 2.05) is 0 Å². The molecule has 2 aliphatic rings. The fraction of sp³-hybridized carbons (Fsp3) is 0.357. The van der Waals surface area contributed by atoms with Crippen molar-refractivity contribution in [2.75, 3.05) is 6.61 Å². The molecule has 1 saturated carbocycles. The van der Waals surface area contributed by atoms with Gasteiger partial charge in [-0.15, -0.1) is 11.3 Å². The van der Waals surface area contributed by atoms with Crippen LogP contribution in [-0.2, 0) is 19.0 Å². The number of nitrogens with zero attached hydrogens (tertiary/aromatic N) is 2. The Morgan fingerprint density at radius 1 is 1.14 bits per heavy atom. The number of thiazole rings is 1. The molecule has 0 bridgehead atoms. The van der Waals surface area contributed by atoms with E-state index >= 15 is 0 Å². The van der Waals surface area contributed by atoms with E-state index in [-0.39, 0.29) is 28.6 Å². The summed E-state index contributed by atoms with van der Waals surface area (Å²) in [5.41, 5.74) is 9.59. The number of rotatable bonds is 5. The highest BCUT2D eigenvalue weighted by Gasteiger charge is 2.42. The van der Waals surface area contributed by atoms with Crippen LogP contribution in [0.25, 0.3) is 32.5 Å². The van der Waals surface area contributed by atoms with Gasteiger partial charge in [-0.3, -0.25) is 0 Å². The third-order valence-electron chi connectivity index (χ3n) is 7.64. The van der Waals surface area contributed by atoms with Crippen molar-refractivity contribution in [2.45, 2.75) is 56.2 Å². The summed E-state index contributed by atoms with van der Waals surface area (Å²) >= 11 is 1.22. The molecule has 5 nitrogen and oxygen atoms in total. The van der Waals surface area contributed by atoms with Crippen molar-refractivity contribution in [2.24, 2.45) is 5.73 Å². The van der Waals surface area contributed by atoms with E-state index in [0.717, 1.165) is 41.8 Å². The second-order valence-corrected chi connectivity index (χ2v) is 11.1. The Labute approximate surface area is 216 Å². The van der Waals surface area contributed by atoms with Crippen molar-refractivity contribution in [3.8, 4) is 32.5 Å². The number of alkyl halides is 3. The summed E-state index contributed by atoms with van der Waals surface area (Å²) in [4.78, 5) is 5.47. The Hall–Kier alpha value is -3.01. The van der Waals surface area contributed by atoms with Gasteiger partial charge in [0.2, 0.25) is 5.76 Å². The summed E-state index contributed by atoms with van der Waals surface area (Å²) in [5.74, 6) is 0.0123. The maximum absolute atomic E-state index is 14.2. The van der Waals surface area contributed by atoms with E-state index in [2.05, 4.69) is 28.3 Å². The Bertz CT molecular complexity index is 1450. The van der Waals surface area contributed by atoms with E-state index in [1.54, 1.807) is 30.3 Å². The monoisotopic (exact) mass is 525 g/mol. The summed E-state index contributed by atoms with van der Waals surface area (Å²) in [6.45, 7) is 0.0952. The van der Waals surface area contributed by atoms with Crippen molar-refractivity contribution < 1.29 is 22.8 Å². The van der Waals surface area contributed by atoms with E-state index in [4.69, 9.17) is 10.3 Å². The molecule has 2 aromatic heterocycles. The van der Waals surface area contributed by atoms with Gasteiger partial charge in [-0.1, -0.05) is 53.7 Å². The molecule has 2 atom stereocenters. The lowest BCUT2D eigenvalue weighted by Crippen LogP contribution is -2.37. The molecule has 2 aliphatic carbocycles. The highest BCUT2D eigenvalue weighted by Crippen LogP contribution is 2.48. The van der Waals surface area contributed by atoms with Gasteiger partial charge in [-0.05, 0) is 61.1 Å².